The molecule has 0 saturated carbocycles. The van der Waals surface area contributed by atoms with Crippen LogP contribution >= 0.6 is 11.6 Å². The van der Waals surface area contributed by atoms with Gasteiger partial charge in [0.05, 0.1) is 22.0 Å². The number of hydrogen-bond donors (Lipinski definition) is 3. The molecule has 0 aliphatic carbocycles. The molecule has 3 aromatic rings. The van der Waals surface area contributed by atoms with E-state index >= 15 is 0 Å². The van der Waals surface area contributed by atoms with Gasteiger partial charge in [0.15, 0.2) is 0 Å². The molecule has 0 fully saturated rings. The van der Waals surface area contributed by atoms with Crippen molar-refractivity contribution in [1.82, 2.24) is 15.0 Å². The molecule has 1 aromatic heterocycles. The van der Waals surface area contributed by atoms with Gasteiger partial charge < -0.3 is 5.11 Å². The maximum atomic E-state index is 12.3. The van der Waals surface area contributed by atoms with Crippen LogP contribution in [0.15, 0.2) is 63.2 Å². The fourth-order valence-corrected chi connectivity index (χ4v) is 2.90. The van der Waals surface area contributed by atoms with Crippen LogP contribution in [0.5, 0.6) is 5.88 Å². The molecular formula is C20H17ClN4O4. The van der Waals surface area contributed by atoms with Crippen LogP contribution in [0.4, 0.5) is 0 Å². The van der Waals surface area contributed by atoms with Crippen molar-refractivity contribution in [2.24, 2.45) is 5.10 Å². The Hall–Kier alpha value is -3.65. The monoisotopic (exact) mass is 412 g/mol. The van der Waals surface area contributed by atoms with Gasteiger partial charge >= 0.3 is 5.69 Å². The number of aromatic amines is 1. The highest BCUT2D eigenvalue weighted by Crippen LogP contribution is 2.18. The number of halogens is 1. The van der Waals surface area contributed by atoms with Gasteiger partial charge in [-0.05, 0) is 38.1 Å². The van der Waals surface area contributed by atoms with Crippen molar-refractivity contribution >= 4 is 23.2 Å². The summed E-state index contributed by atoms with van der Waals surface area (Å²) in [5.74, 6) is -1.17. The van der Waals surface area contributed by atoms with E-state index in [1.54, 1.807) is 42.5 Å². The van der Waals surface area contributed by atoms with Crippen LogP contribution in [0.3, 0.4) is 0 Å². The number of nitrogens with zero attached hydrogens (tertiary/aromatic N) is 2. The summed E-state index contributed by atoms with van der Waals surface area (Å²) in [5, 5.41) is 14.7. The summed E-state index contributed by atoms with van der Waals surface area (Å²) < 4.78 is 0.949. The lowest BCUT2D eigenvalue weighted by molar-refractivity contribution is 0.0955. The molecule has 0 aliphatic heterocycles. The minimum atomic E-state index is -0.830. The minimum Gasteiger partial charge on any atom is -0.493 e. The largest absolute Gasteiger partial charge is 0.493 e. The molecule has 3 N–H and O–H groups in total. The lowest BCUT2D eigenvalue weighted by Gasteiger charge is -2.11. The predicted molar refractivity (Wildman–Crippen MR) is 110 cm³/mol. The van der Waals surface area contributed by atoms with Gasteiger partial charge in [0.1, 0.15) is 5.56 Å². The highest BCUT2D eigenvalue weighted by Gasteiger charge is 2.18. The summed E-state index contributed by atoms with van der Waals surface area (Å²) in [6.07, 6.45) is 0. The molecular weight excluding hydrogens is 396 g/mol. The summed E-state index contributed by atoms with van der Waals surface area (Å²) in [6, 6.07) is 13.2. The molecule has 0 spiro atoms. The quantitative estimate of drug-likeness (QED) is 0.450. The first-order valence-corrected chi connectivity index (χ1v) is 8.92. The van der Waals surface area contributed by atoms with Gasteiger partial charge in [0, 0.05) is 0 Å². The van der Waals surface area contributed by atoms with Gasteiger partial charge in [-0.15, -0.1) is 0 Å². The van der Waals surface area contributed by atoms with Crippen LogP contribution in [0.2, 0.25) is 5.02 Å². The second-order valence-electron chi connectivity index (χ2n) is 6.25. The average molecular weight is 413 g/mol. The summed E-state index contributed by atoms with van der Waals surface area (Å²) in [6.45, 7) is 3.30. The minimum absolute atomic E-state index is 0.00464. The Bertz CT molecular complexity index is 1230. The first-order valence-electron chi connectivity index (χ1n) is 8.54. The van der Waals surface area contributed by atoms with E-state index in [2.05, 4.69) is 15.5 Å². The Labute approximate surface area is 170 Å². The van der Waals surface area contributed by atoms with Crippen molar-refractivity contribution in [1.29, 1.82) is 0 Å². The Kier molecular flexibility index (Phi) is 5.65. The number of amides is 1. The lowest BCUT2D eigenvalue weighted by Crippen LogP contribution is -2.33. The average Bonchev–Trinajstić information content (AvgIpc) is 2.67. The predicted octanol–water partition coefficient (Wildman–Crippen LogP) is 2.35. The van der Waals surface area contributed by atoms with Crippen molar-refractivity contribution in [3.05, 3.63) is 91.1 Å². The molecule has 0 unspecified atom stereocenters. The highest BCUT2D eigenvalue weighted by atomic mass is 35.5. The van der Waals surface area contributed by atoms with Crippen molar-refractivity contribution in [2.75, 3.05) is 0 Å². The van der Waals surface area contributed by atoms with Crippen LogP contribution in [0, 0.1) is 6.92 Å². The van der Waals surface area contributed by atoms with E-state index in [-0.39, 0.29) is 21.9 Å². The maximum Gasteiger partial charge on any atom is 0.335 e. The number of hydrogen-bond acceptors (Lipinski definition) is 5. The Morgan fingerprint density at radius 1 is 1.14 bits per heavy atom. The van der Waals surface area contributed by atoms with Gasteiger partial charge in [0.2, 0.25) is 5.88 Å². The molecule has 148 valence electrons. The number of aromatic hydroxyl groups is 1. The molecule has 8 nitrogen and oxygen atoms in total. The number of nitrogens with one attached hydrogen (secondary N) is 2. The Morgan fingerprint density at radius 2 is 1.79 bits per heavy atom. The fraction of sp³-hybridized carbons (Fsp3) is 0.100. The van der Waals surface area contributed by atoms with E-state index in [0.717, 1.165) is 10.1 Å². The molecule has 0 radical (unpaired) electrons. The van der Waals surface area contributed by atoms with Crippen molar-refractivity contribution < 1.29 is 9.90 Å². The SMILES string of the molecule is C/C(=N/NC(=O)c1ccccc1Cl)c1c(O)n(-c2ccc(C)cc2)c(=O)[nH]c1=O. The van der Waals surface area contributed by atoms with Crippen molar-refractivity contribution in [3.63, 3.8) is 0 Å². The molecule has 0 bridgehead atoms. The summed E-state index contributed by atoms with van der Waals surface area (Å²) in [7, 11) is 0. The van der Waals surface area contributed by atoms with Crippen LogP contribution in [0.1, 0.15) is 28.4 Å². The zero-order valence-corrected chi connectivity index (χ0v) is 16.3. The van der Waals surface area contributed by atoms with E-state index in [4.69, 9.17) is 11.6 Å². The molecule has 9 heteroatoms. The zero-order chi connectivity index (χ0) is 21.1. The van der Waals surface area contributed by atoms with E-state index in [1.165, 1.54) is 13.0 Å². The van der Waals surface area contributed by atoms with Gasteiger partial charge in [-0.1, -0.05) is 41.4 Å². The number of benzene rings is 2. The number of rotatable bonds is 4. The summed E-state index contributed by atoms with van der Waals surface area (Å²) in [5.41, 5.74) is 1.95. The Morgan fingerprint density at radius 3 is 2.45 bits per heavy atom. The topological polar surface area (TPSA) is 117 Å². The first-order chi connectivity index (χ1) is 13.8. The van der Waals surface area contributed by atoms with E-state index in [9.17, 15) is 19.5 Å². The summed E-state index contributed by atoms with van der Waals surface area (Å²) >= 11 is 5.98. The number of hydrazone groups is 1. The Balaban J connectivity index is 2.01. The third kappa shape index (κ3) is 4.12. The van der Waals surface area contributed by atoms with E-state index in [1.807, 2.05) is 6.92 Å². The number of carbonyl (C=O) groups is 1. The first kappa shape index (κ1) is 20.1. The molecule has 0 saturated heterocycles. The summed E-state index contributed by atoms with van der Waals surface area (Å²) in [4.78, 5) is 38.9. The third-order valence-corrected chi connectivity index (χ3v) is 4.51. The standard InChI is InChI=1S/C20H17ClN4O4/c1-11-7-9-13(10-8-11)25-19(28)16(18(27)22-20(25)29)12(2)23-24-17(26)14-5-3-4-6-15(14)21/h3-10,28H,1-2H3,(H,24,26)(H,22,27,29)/b23-12-. The van der Waals surface area contributed by atoms with Crippen LogP contribution in [-0.2, 0) is 0 Å². The van der Waals surface area contributed by atoms with Crippen LogP contribution in [-0.4, -0.2) is 26.3 Å². The normalized spacial score (nSPS) is 11.3. The van der Waals surface area contributed by atoms with Gasteiger partial charge in [-0.2, -0.15) is 5.10 Å². The van der Waals surface area contributed by atoms with Crippen LogP contribution in [0.25, 0.3) is 5.69 Å². The molecule has 0 aliphatic rings. The smallest absolute Gasteiger partial charge is 0.335 e. The molecule has 0 atom stereocenters. The van der Waals surface area contributed by atoms with Gasteiger partial charge in [0.25, 0.3) is 11.5 Å². The van der Waals surface area contributed by atoms with Crippen LogP contribution < -0.4 is 16.7 Å². The molecule has 2 aromatic carbocycles. The molecule has 29 heavy (non-hydrogen) atoms. The second-order valence-corrected chi connectivity index (χ2v) is 6.65. The van der Waals surface area contributed by atoms with Crippen molar-refractivity contribution in [2.45, 2.75) is 13.8 Å². The third-order valence-electron chi connectivity index (χ3n) is 4.18. The van der Waals surface area contributed by atoms with E-state index < -0.39 is 23.0 Å². The van der Waals surface area contributed by atoms with E-state index in [0.29, 0.717) is 5.69 Å². The second kappa shape index (κ2) is 8.15. The maximum absolute atomic E-state index is 12.3. The number of aryl methyl sites for hydroxylation is 1. The number of carbonyl (C=O) groups excluding carboxylic acids is 1. The molecule has 1 heterocycles. The molecule has 3 rings (SSSR count). The van der Waals surface area contributed by atoms with Gasteiger partial charge in [-0.3, -0.25) is 14.6 Å². The molecule has 1 amide bonds. The highest BCUT2D eigenvalue weighted by molar-refractivity contribution is 6.33. The van der Waals surface area contributed by atoms with Gasteiger partial charge in [-0.25, -0.2) is 14.8 Å². The fourth-order valence-electron chi connectivity index (χ4n) is 2.68. The zero-order valence-electron chi connectivity index (χ0n) is 15.6. The lowest BCUT2D eigenvalue weighted by atomic mass is 10.2. The number of aromatic nitrogens is 2. The number of H-pyrrole nitrogens is 1. The van der Waals surface area contributed by atoms with Crippen molar-refractivity contribution in [3.8, 4) is 11.6 Å².